The molecule has 4 nitrogen and oxygen atoms in total. The van der Waals surface area contributed by atoms with Crippen molar-refractivity contribution in [2.24, 2.45) is 5.73 Å². The number of cyclic esters (lactones) is 1. The van der Waals surface area contributed by atoms with E-state index in [-0.39, 0.29) is 5.97 Å². The van der Waals surface area contributed by atoms with Crippen molar-refractivity contribution in [3.63, 3.8) is 0 Å². The van der Waals surface area contributed by atoms with Crippen molar-refractivity contribution >= 4 is 5.97 Å². The fourth-order valence-electron chi connectivity index (χ4n) is 2.38. The van der Waals surface area contributed by atoms with E-state index in [9.17, 15) is 4.79 Å². The third-order valence-electron chi connectivity index (χ3n) is 3.15. The van der Waals surface area contributed by atoms with E-state index >= 15 is 0 Å². The summed E-state index contributed by atoms with van der Waals surface area (Å²) in [6.07, 6.45) is 4.22. The summed E-state index contributed by atoms with van der Waals surface area (Å²) < 4.78 is 5.01. The second kappa shape index (κ2) is 4.28. The van der Waals surface area contributed by atoms with Crippen LogP contribution in [0.5, 0.6) is 0 Å². The number of esters is 1. The number of carbonyl (C=O) groups is 1. The maximum absolute atomic E-state index is 11.2. The molecule has 0 aromatic heterocycles. The molecule has 4 heteroatoms. The Morgan fingerprint density at radius 1 is 1.43 bits per heavy atom. The molecule has 80 valence electrons. The predicted molar refractivity (Wildman–Crippen MR) is 52.8 cm³/mol. The molecule has 2 unspecified atom stereocenters. The molecule has 2 N–H and O–H groups in total. The Balaban J connectivity index is 1.92. The standard InChI is InChI=1S/C10H18N2O2/c11-8-2-3-9(6-8)12-4-1-5-14-10(13)7-12/h8-9H,1-7,11H2. The van der Waals surface area contributed by atoms with E-state index in [1.54, 1.807) is 0 Å². The zero-order chi connectivity index (χ0) is 9.97. The molecular weight excluding hydrogens is 180 g/mol. The van der Waals surface area contributed by atoms with Gasteiger partial charge in [0, 0.05) is 18.6 Å². The Kier molecular flexibility index (Phi) is 3.03. The normalized spacial score (nSPS) is 35.4. The summed E-state index contributed by atoms with van der Waals surface area (Å²) >= 11 is 0. The Bertz CT molecular complexity index is 220. The summed E-state index contributed by atoms with van der Waals surface area (Å²) in [5, 5.41) is 0. The average Bonchev–Trinajstić information content (AvgIpc) is 2.45. The van der Waals surface area contributed by atoms with E-state index in [4.69, 9.17) is 10.5 Å². The van der Waals surface area contributed by atoms with E-state index < -0.39 is 0 Å². The number of nitrogens with zero attached hydrogens (tertiary/aromatic N) is 1. The van der Waals surface area contributed by atoms with Crippen LogP contribution in [-0.2, 0) is 9.53 Å². The molecule has 0 aromatic carbocycles. The Morgan fingerprint density at radius 2 is 2.29 bits per heavy atom. The lowest BCUT2D eigenvalue weighted by Gasteiger charge is -2.25. The van der Waals surface area contributed by atoms with Crippen LogP contribution in [0.1, 0.15) is 25.7 Å². The molecule has 1 heterocycles. The van der Waals surface area contributed by atoms with Gasteiger partial charge in [0.1, 0.15) is 0 Å². The highest BCUT2D eigenvalue weighted by molar-refractivity contribution is 5.71. The second-order valence-corrected chi connectivity index (χ2v) is 4.27. The lowest BCUT2D eigenvalue weighted by molar-refractivity contribution is -0.143. The predicted octanol–water partition coefficient (Wildman–Crippen LogP) is 0.115. The SMILES string of the molecule is NC1CCC(N2CCCOC(=O)C2)C1. The first-order valence-electron chi connectivity index (χ1n) is 5.41. The minimum absolute atomic E-state index is 0.0806. The van der Waals surface area contributed by atoms with Gasteiger partial charge >= 0.3 is 5.97 Å². The van der Waals surface area contributed by atoms with Crippen molar-refractivity contribution in [3.05, 3.63) is 0 Å². The van der Waals surface area contributed by atoms with Crippen molar-refractivity contribution in [2.45, 2.75) is 37.8 Å². The Labute approximate surface area is 84.4 Å². The molecule has 1 saturated heterocycles. The number of hydrogen-bond donors (Lipinski definition) is 1. The van der Waals surface area contributed by atoms with Crippen LogP contribution >= 0.6 is 0 Å². The average molecular weight is 198 g/mol. The zero-order valence-electron chi connectivity index (χ0n) is 8.45. The molecule has 0 amide bonds. The summed E-state index contributed by atoms with van der Waals surface area (Å²) in [5.74, 6) is -0.0806. The largest absolute Gasteiger partial charge is 0.465 e. The van der Waals surface area contributed by atoms with Crippen molar-refractivity contribution in [3.8, 4) is 0 Å². The second-order valence-electron chi connectivity index (χ2n) is 4.27. The Hall–Kier alpha value is -0.610. The van der Waals surface area contributed by atoms with Gasteiger partial charge in [-0.25, -0.2) is 0 Å². The highest BCUT2D eigenvalue weighted by Crippen LogP contribution is 2.23. The quantitative estimate of drug-likeness (QED) is 0.608. The van der Waals surface area contributed by atoms with E-state index in [0.717, 1.165) is 32.2 Å². The van der Waals surface area contributed by atoms with Gasteiger partial charge in [-0.1, -0.05) is 0 Å². The van der Waals surface area contributed by atoms with E-state index in [1.807, 2.05) is 0 Å². The molecule has 2 aliphatic rings. The Morgan fingerprint density at radius 3 is 3.00 bits per heavy atom. The first-order valence-corrected chi connectivity index (χ1v) is 5.41. The third kappa shape index (κ3) is 2.25. The fourth-order valence-corrected chi connectivity index (χ4v) is 2.38. The van der Waals surface area contributed by atoms with Crippen LogP contribution in [0.3, 0.4) is 0 Å². The lowest BCUT2D eigenvalue weighted by Crippen LogP contribution is -2.37. The van der Waals surface area contributed by atoms with Crippen molar-refractivity contribution in [1.29, 1.82) is 0 Å². The van der Waals surface area contributed by atoms with Gasteiger partial charge < -0.3 is 10.5 Å². The molecule has 0 aromatic rings. The molecule has 1 aliphatic carbocycles. The van der Waals surface area contributed by atoms with Crippen molar-refractivity contribution < 1.29 is 9.53 Å². The minimum atomic E-state index is -0.0806. The third-order valence-corrected chi connectivity index (χ3v) is 3.15. The summed E-state index contributed by atoms with van der Waals surface area (Å²) in [6, 6.07) is 0.843. The van der Waals surface area contributed by atoms with E-state index in [0.29, 0.717) is 25.2 Å². The maximum Gasteiger partial charge on any atom is 0.320 e. The molecule has 2 rings (SSSR count). The van der Waals surface area contributed by atoms with E-state index in [2.05, 4.69) is 4.90 Å². The van der Waals surface area contributed by atoms with Gasteiger partial charge in [-0.3, -0.25) is 9.69 Å². The van der Waals surface area contributed by atoms with Crippen LogP contribution in [0.4, 0.5) is 0 Å². The van der Waals surface area contributed by atoms with Gasteiger partial charge in [0.05, 0.1) is 13.2 Å². The zero-order valence-corrected chi connectivity index (χ0v) is 8.45. The van der Waals surface area contributed by atoms with Crippen LogP contribution in [0, 0.1) is 0 Å². The monoisotopic (exact) mass is 198 g/mol. The van der Waals surface area contributed by atoms with Crippen molar-refractivity contribution in [1.82, 2.24) is 4.90 Å². The smallest absolute Gasteiger partial charge is 0.320 e. The van der Waals surface area contributed by atoms with Gasteiger partial charge in [0.2, 0.25) is 0 Å². The molecule has 0 radical (unpaired) electrons. The molecule has 2 atom stereocenters. The lowest BCUT2D eigenvalue weighted by atomic mass is 10.2. The van der Waals surface area contributed by atoms with Crippen LogP contribution < -0.4 is 5.73 Å². The van der Waals surface area contributed by atoms with Crippen LogP contribution in [0.15, 0.2) is 0 Å². The fraction of sp³-hybridized carbons (Fsp3) is 0.900. The molecule has 0 bridgehead atoms. The van der Waals surface area contributed by atoms with Gasteiger partial charge in [-0.05, 0) is 25.7 Å². The highest BCUT2D eigenvalue weighted by atomic mass is 16.5. The van der Waals surface area contributed by atoms with Crippen LogP contribution in [0.2, 0.25) is 0 Å². The molecule has 0 spiro atoms. The van der Waals surface area contributed by atoms with Crippen LogP contribution in [-0.4, -0.2) is 42.6 Å². The van der Waals surface area contributed by atoms with Gasteiger partial charge in [-0.15, -0.1) is 0 Å². The van der Waals surface area contributed by atoms with Crippen molar-refractivity contribution in [2.75, 3.05) is 19.7 Å². The maximum atomic E-state index is 11.2. The summed E-state index contributed by atoms with van der Waals surface area (Å²) in [5.41, 5.74) is 5.86. The number of rotatable bonds is 1. The molecule has 1 aliphatic heterocycles. The van der Waals surface area contributed by atoms with Gasteiger partial charge in [-0.2, -0.15) is 0 Å². The summed E-state index contributed by atoms with van der Waals surface area (Å²) in [6.45, 7) is 2.01. The number of ether oxygens (including phenoxy) is 1. The van der Waals surface area contributed by atoms with Gasteiger partial charge in [0.15, 0.2) is 0 Å². The van der Waals surface area contributed by atoms with E-state index in [1.165, 1.54) is 0 Å². The first kappa shape index (κ1) is 9.93. The van der Waals surface area contributed by atoms with Crippen LogP contribution in [0.25, 0.3) is 0 Å². The van der Waals surface area contributed by atoms with Gasteiger partial charge in [0.25, 0.3) is 0 Å². The highest BCUT2D eigenvalue weighted by Gasteiger charge is 2.29. The molecule has 1 saturated carbocycles. The molecule has 14 heavy (non-hydrogen) atoms. The summed E-state index contributed by atoms with van der Waals surface area (Å²) in [4.78, 5) is 13.5. The summed E-state index contributed by atoms with van der Waals surface area (Å²) in [7, 11) is 0. The molecular formula is C10H18N2O2. The minimum Gasteiger partial charge on any atom is -0.465 e. The molecule has 2 fully saturated rings. The number of carbonyl (C=O) groups excluding carboxylic acids is 1. The first-order chi connectivity index (χ1) is 6.75. The number of nitrogens with two attached hydrogens (primary N) is 1. The topological polar surface area (TPSA) is 55.6 Å². The number of hydrogen-bond acceptors (Lipinski definition) is 4.